The smallest absolute Gasteiger partial charge is 0.339 e. The van der Waals surface area contributed by atoms with Gasteiger partial charge in [-0.15, -0.1) is 0 Å². The van der Waals surface area contributed by atoms with Crippen molar-refractivity contribution in [1.29, 1.82) is 0 Å². The van der Waals surface area contributed by atoms with Gasteiger partial charge in [0, 0.05) is 12.0 Å². The number of rotatable bonds is 4. The van der Waals surface area contributed by atoms with Gasteiger partial charge < -0.3 is 8.92 Å². The fraction of sp³-hybridized carbons (Fsp3) is 0.222. The Morgan fingerprint density at radius 3 is 2.69 bits per heavy atom. The van der Waals surface area contributed by atoms with E-state index in [-0.39, 0.29) is 11.9 Å². The average molecular weight is 198 g/mol. The van der Waals surface area contributed by atoms with Gasteiger partial charge in [-0.05, 0) is 12.1 Å². The summed E-state index contributed by atoms with van der Waals surface area (Å²) in [5, 5.41) is 0. The van der Waals surface area contributed by atoms with Crippen molar-refractivity contribution >= 4 is 18.0 Å². The van der Waals surface area contributed by atoms with Crippen LogP contribution in [0.1, 0.15) is 10.4 Å². The molecule has 70 valence electrons. The molecule has 0 spiro atoms. The minimum Gasteiger partial charge on any atom is -0.449 e. The molecule has 13 heavy (non-hydrogen) atoms. The van der Waals surface area contributed by atoms with Gasteiger partial charge in [0.05, 0.1) is 12.7 Å². The van der Waals surface area contributed by atoms with Gasteiger partial charge in [0.25, 0.3) is 0 Å². The van der Waals surface area contributed by atoms with Gasteiger partial charge in [-0.1, -0.05) is 18.2 Å². The van der Waals surface area contributed by atoms with E-state index in [1.165, 1.54) is 7.11 Å². The molecule has 0 aromatic heterocycles. The van der Waals surface area contributed by atoms with Crippen molar-refractivity contribution in [2.24, 2.45) is 0 Å². The van der Waals surface area contributed by atoms with Crippen molar-refractivity contribution in [2.75, 3.05) is 13.0 Å². The maximum Gasteiger partial charge on any atom is 0.339 e. The second-order valence-electron chi connectivity index (χ2n) is 2.20. The quantitative estimate of drug-likeness (QED) is 0.321. The molecule has 0 fully saturated rings. The number of benzene rings is 1. The molecule has 0 N–H and O–H groups in total. The maximum atomic E-state index is 11.2. The van der Waals surface area contributed by atoms with E-state index in [2.05, 4.69) is 4.18 Å². The Morgan fingerprint density at radius 2 is 2.08 bits per heavy atom. The van der Waals surface area contributed by atoms with Crippen LogP contribution in [0.3, 0.4) is 0 Å². The first-order chi connectivity index (χ1) is 6.34. The first-order valence-corrected chi connectivity index (χ1v) is 4.63. The lowest BCUT2D eigenvalue weighted by Crippen LogP contribution is -2.04. The molecular weight excluding hydrogens is 188 g/mol. The van der Waals surface area contributed by atoms with Crippen LogP contribution in [0.4, 0.5) is 0 Å². The third-order valence-electron chi connectivity index (χ3n) is 1.37. The van der Waals surface area contributed by atoms with E-state index >= 15 is 0 Å². The molecule has 0 aliphatic heterocycles. The van der Waals surface area contributed by atoms with Gasteiger partial charge in [0.15, 0.2) is 5.94 Å². The third kappa shape index (κ3) is 3.48. The van der Waals surface area contributed by atoms with Crippen LogP contribution < -0.4 is 0 Å². The van der Waals surface area contributed by atoms with Gasteiger partial charge in [-0.3, -0.25) is 0 Å². The van der Waals surface area contributed by atoms with Gasteiger partial charge in [0.1, 0.15) is 0 Å². The van der Waals surface area contributed by atoms with Crippen molar-refractivity contribution in [3.8, 4) is 0 Å². The van der Waals surface area contributed by atoms with Gasteiger partial charge in [0.2, 0.25) is 0 Å². The van der Waals surface area contributed by atoms with Crippen LogP contribution in [-0.4, -0.2) is 19.0 Å². The van der Waals surface area contributed by atoms with Crippen molar-refractivity contribution in [2.45, 2.75) is 0 Å². The number of hydrogen-bond acceptors (Lipinski definition) is 4. The number of carbonyl (C=O) groups excluding carboxylic acids is 1. The average Bonchev–Trinajstić information content (AvgIpc) is 2.19. The monoisotopic (exact) mass is 198 g/mol. The van der Waals surface area contributed by atoms with Crippen LogP contribution in [0.5, 0.6) is 0 Å². The van der Waals surface area contributed by atoms with Crippen LogP contribution in [0.15, 0.2) is 30.3 Å². The van der Waals surface area contributed by atoms with E-state index in [1.54, 1.807) is 24.3 Å². The molecule has 0 saturated carbocycles. The van der Waals surface area contributed by atoms with Gasteiger partial charge in [-0.25, -0.2) is 4.79 Å². The van der Waals surface area contributed by atoms with Crippen LogP contribution in [0.2, 0.25) is 0 Å². The molecule has 0 amide bonds. The highest BCUT2D eigenvalue weighted by molar-refractivity contribution is 7.94. The molecule has 0 atom stereocenters. The molecule has 0 aliphatic rings. The summed E-state index contributed by atoms with van der Waals surface area (Å²) in [5.74, 6) is -0.116. The van der Waals surface area contributed by atoms with E-state index in [0.29, 0.717) is 5.56 Å². The predicted molar refractivity (Wildman–Crippen MR) is 51.3 cm³/mol. The van der Waals surface area contributed by atoms with Crippen molar-refractivity contribution in [3.05, 3.63) is 35.9 Å². The highest BCUT2D eigenvalue weighted by atomic mass is 32.2. The topological polar surface area (TPSA) is 35.5 Å². The van der Waals surface area contributed by atoms with Crippen LogP contribution in [-0.2, 0) is 8.92 Å². The van der Waals surface area contributed by atoms with E-state index < -0.39 is 0 Å². The molecular formula is C9H10O3S. The Bertz CT molecular complexity index is 261. The standard InChI is InChI=1S/C9H10O3S/c1-11-13-7-12-9(10)8-5-3-2-4-6-8/h2-6H,7H2,1H3. The summed E-state index contributed by atoms with van der Waals surface area (Å²) >= 11 is 1.09. The van der Waals surface area contributed by atoms with Crippen LogP contribution >= 0.6 is 12.0 Å². The molecule has 4 heteroatoms. The number of hydrogen-bond donors (Lipinski definition) is 0. The molecule has 1 rings (SSSR count). The Hall–Kier alpha value is -1.00. The molecule has 0 unspecified atom stereocenters. The summed E-state index contributed by atoms with van der Waals surface area (Å²) in [6.07, 6.45) is 0. The predicted octanol–water partition coefficient (Wildman–Crippen LogP) is 2.10. The zero-order valence-corrected chi connectivity index (χ0v) is 8.04. The molecule has 0 saturated heterocycles. The fourth-order valence-electron chi connectivity index (χ4n) is 0.783. The number of ether oxygens (including phenoxy) is 1. The van der Waals surface area contributed by atoms with Crippen molar-refractivity contribution in [3.63, 3.8) is 0 Å². The summed E-state index contributed by atoms with van der Waals surface area (Å²) in [4.78, 5) is 11.2. The zero-order chi connectivity index (χ0) is 9.52. The molecule has 0 radical (unpaired) electrons. The highest BCUT2D eigenvalue weighted by Gasteiger charge is 2.04. The van der Waals surface area contributed by atoms with E-state index in [1.807, 2.05) is 6.07 Å². The molecule has 1 aromatic carbocycles. The second kappa shape index (κ2) is 5.61. The number of esters is 1. The summed E-state index contributed by atoms with van der Waals surface area (Å²) in [5.41, 5.74) is 0.555. The van der Waals surface area contributed by atoms with E-state index in [9.17, 15) is 4.79 Å². The lowest BCUT2D eigenvalue weighted by atomic mass is 10.2. The van der Waals surface area contributed by atoms with E-state index in [4.69, 9.17) is 4.74 Å². The maximum absolute atomic E-state index is 11.2. The van der Waals surface area contributed by atoms with Crippen LogP contribution in [0, 0.1) is 0 Å². The summed E-state index contributed by atoms with van der Waals surface area (Å²) < 4.78 is 9.54. The van der Waals surface area contributed by atoms with Crippen molar-refractivity contribution in [1.82, 2.24) is 0 Å². The largest absolute Gasteiger partial charge is 0.449 e. The minimum absolute atomic E-state index is 0.213. The number of carbonyl (C=O) groups is 1. The first kappa shape index (κ1) is 10.1. The lowest BCUT2D eigenvalue weighted by Gasteiger charge is -2.01. The molecule has 1 aromatic rings. The minimum atomic E-state index is -0.329. The molecule has 0 heterocycles. The fourth-order valence-corrected chi connectivity index (χ4v) is 1.03. The van der Waals surface area contributed by atoms with Gasteiger partial charge in [-0.2, -0.15) is 0 Å². The molecule has 3 nitrogen and oxygen atoms in total. The van der Waals surface area contributed by atoms with Crippen LogP contribution in [0.25, 0.3) is 0 Å². The summed E-state index contributed by atoms with van der Waals surface area (Å²) in [6.45, 7) is 0. The summed E-state index contributed by atoms with van der Waals surface area (Å²) in [7, 11) is 1.53. The Labute approximate surface area is 81.2 Å². The zero-order valence-electron chi connectivity index (χ0n) is 7.23. The Morgan fingerprint density at radius 1 is 1.38 bits per heavy atom. The molecule has 0 bridgehead atoms. The lowest BCUT2D eigenvalue weighted by molar-refractivity contribution is 0.0575. The second-order valence-corrected chi connectivity index (χ2v) is 3.00. The Balaban J connectivity index is 2.40. The third-order valence-corrected chi connectivity index (χ3v) is 1.82. The Kier molecular flexibility index (Phi) is 4.35. The summed E-state index contributed by atoms with van der Waals surface area (Å²) in [6, 6.07) is 8.85. The van der Waals surface area contributed by atoms with Gasteiger partial charge >= 0.3 is 5.97 Å². The van der Waals surface area contributed by atoms with E-state index in [0.717, 1.165) is 12.0 Å². The normalized spacial score (nSPS) is 9.62. The SMILES string of the molecule is COSCOC(=O)c1ccccc1. The van der Waals surface area contributed by atoms with Crippen molar-refractivity contribution < 1.29 is 13.7 Å². The molecule has 0 aliphatic carbocycles. The first-order valence-electron chi connectivity index (χ1n) is 3.72. The highest BCUT2D eigenvalue weighted by Crippen LogP contribution is 2.05.